The smallest absolute Gasteiger partial charge is 0.335 e. The summed E-state index contributed by atoms with van der Waals surface area (Å²) in [4.78, 5) is 34.5. The molecule has 130 valence electrons. The van der Waals surface area contributed by atoms with Gasteiger partial charge in [-0.1, -0.05) is 12.1 Å². The molecule has 0 aromatic heterocycles. The number of Topliss-reactive ketones (excluding diaryl/α,β-unsaturated/α-hetero) is 1. The molecule has 0 saturated carbocycles. The minimum atomic E-state index is -1.03. The van der Waals surface area contributed by atoms with Crippen molar-refractivity contribution in [2.45, 2.75) is 25.7 Å². The molecule has 0 spiro atoms. The first-order valence-corrected chi connectivity index (χ1v) is 7.88. The molecule has 2 aromatic carbocycles. The molecule has 0 atom stereocenters. The molecule has 0 saturated heterocycles. The van der Waals surface area contributed by atoms with Crippen molar-refractivity contribution in [2.24, 2.45) is 0 Å². The van der Waals surface area contributed by atoms with E-state index < -0.39 is 5.97 Å². The van der Waals surface area contributed by atoms with Gasteiger partial charge in [-0.15, -0.1) is 0 Å². The highest BCUT2D eigenvalue weighted by atomic mass is 16.5. The summed E-state index contributed by atoms with van der Waals surface area (Å²) >= 11 is 0. The van der Waals surface area contributed by atoms with Crippen molar-refractivity contribution in [3.8, 4) is 5.75 Å². The monoisotopic (exact) mass is 341 g/mol. The molecule has 0 fully saturated rings. The number of carbonyl (C=O) groups excluding carboxylic acids is 2. The van der Waals surface area contributed by atoms with E-state index in [0.717, 1.165) is 0 Å². The molecule has 0 aliphatic heterocycles. The van der Waals surface area contributed by atoms with Crippen molar-refractivity contribution in [3.63, 3.8) is 0 Å². The van der Waals surface area contributed by atoms with E-state index >= 15 is 0 Å². The second-order valence-corrected chi connectivity index (χ2v) is 5.56. The fraction of sp³-hybridized carbons (Fsp3) is 0.211. The molecule has 0 aliphatic rings. The number of anilines is 1. The molecular weight excluding hydrogens is 322 g/mol. The van der Waals surface area contributed by atoms with Gasteiger partial charge in [-0.2, -0.15) is 0 Å². The van der Waals surface area contributed by atoms with Crippen molar-refractivity contribution in [1.82, 2.24) is 0 Å². The predicted octanol–water partition coefficient (Wildman–Crippen LogP) is 3.32. The van der Waals surface area contributed by atoms with Gasteiger partial charge in [-0.25, -0.2) is 4.79 Å². The zero-order chi connectivity index (χ0) is 18.2. The van der Waals surface area contributed by atoms with E-state index in [-0.39, 0.29) is 23.7 Å². The van der Waals surface area contributed by atoms with Gasteiger partial charge >= 0.3 is 11.9 Å². The maximum absolute atomic E-state index is 12.0. The van der Waals surface area contributed by atoms with E-state index in [4.69, 9.17) is 15.6 Å². The van der Waals surface area contributed by atoms with Crippen LogP contribution in [0, 0.1) is 0 Å². The van der Waals surface area contributed by atoms with Crippen LogP contribution in [0.25, 0.3) is 0 Å². The molecule has 6 nitrogen and oxygen atoms in total. The lowest BCUT2D eigenvalue weighted by molar-refractivity contribution is -0.134. The van der Waals surface area contributed by atoms with Gasteiger partial charge < -0.3 is 15.6 Å². The molecule has 0 heterocycles. The fourth-order valence-corrected chi connectivity index (χ4v) is 2.22. The van der Waals surface area contributed by atoms with Crippen LogP contribution >= 0.6 is 0 Å². The molecule has 0 unspecified atom stereocenters. The minimum Gasteiger partial charge on any atom is -0.478 e. The van der Waals surface area contributed by atoms with Crippen LogP contribution < -0.4 is 10.5 Å². The lowest BCUT2D eigenvalue weighted by Crippen LogP contribution is -2.08. The van der Waals surface area contributed by atoms with Crippen LogP contribution in [-0.2, 0) is 4.79 Å². The number of carbonyl (C=O) groups is 3. The minimum absolute atomic E-state index is 0.0798. The van der Waals surface area contributed by atoms with Crippen LogP contribution in [0.2, 0.25) is 0 Å². The SMILES string of the molecule is Nc1ccc(OC(=O)CCCCC(=O)c2ccc(C(=O)O)cc2)cc1. The Labute approximate surface area is 145 Å². The van der Waals surface area contributed by atoms with Gasteiger partial charge in [0.2, 0.25) is 0 Å². The highest BCUT2D eigenvalue weighted by molar-refractivity contribution is 5.97. The van der Waals surface area contributed by atoms with E-state index in [0.29, 0.717) is 36.3 Å². The Morgan fingerprint density at radius 1 is 0.840 bits per heavy atom. The Balaban J connectivity index is 1.71. The second-order valence-electron chi connectivity index (χ2n) is 5.56. The number of benzene rings is 2. The first kappa shape index (κ1) is 18.2. The summed E-state index contributed by atoms with van der Waals surface area (Å²) in [6.07, 6.45) is 1.60. The van der Waals surface area contributed by atoms with Crippen LogP contribution in [-0.4, -0.2) is 22.8 Å². The van der Waals surface area contributed by atoms with Crippen LogP contribution in [0.1, 0.15) is 46.4 Å². The normalized spacial score (nSPS) is 10.2. The average Bonchev–Trinajstić information content (AvgIpc) is 2.60. The molecule has 2 rings (SSSR count). The summed E-state index contributed by atoms with van der Waals surface area (Å²) in [6, 6.07) is 12.4. The maximum atomic E-state index is 12.0. The summed E-state index contributed by atoms with van der Waals surface area (Å²) in [5, 5.41) is 8.82. The third kappa shape index (κ3) is 5.76. The maximum Gasteiger partial charge on any atom is 0.335 e. The number of hydrogen-bond acceptors (Lipinski definition) is 5. The standard InChI is InChI=1S/C19H19NO5/c20-15-9-11-16(12-10-15)25-18(22)4-2-1-3-17(21)13-5-7-14(8-6-13)19(23)24/h5-12H,1-4,20H2,(H,23,24). The van der Waals surface area contributed by atoms with Crippen LogP contribution in [0.3, 0.4) is 0 Å². The van der Waals surface area contributed by atoms with Crippen molar-refractivity contribution in [2.75, 3.05) is 5.73 Å². The van der Waals surface area contributed by atoms with Crippen molar-refractivity contribution in [1.29, 1.82) is 0 Å². The highest BCUT2D eigenvalue weighted by Crippen LogP contribution is 2.15. The van der Waals surface area contributed by atoms with Crippen LogP contribution in [0.4, 0.5) is 5.69 Å². The molecule has 2 aromatic rings. The van der Waals surface area contributed by atoms with Gasteiger partial charge in [-0.05, 0) is 49.2 Å². The molecule has 25 heavy (non-hydrogen) atoms. The number of carboxylic acids is 1. The van der Waals surface area contributed by atoms with E-state index in [1.165, 1.54) is 24.3 Å². The molecule has 0 amide bonds. The van der Waals surface area contributed by atoms with Gasteiger partial charge in [-0.3, -0.25) is 9.59 Å². The number of ether oxygens (including phenoxy) is 1. The van der Waals surface area contributed by atoms with Gasteiger partial charge in [0, 0.05) is 24.1 Å². The number of rotatable bonds is 8. The van der Waals surface area contributed by atoms with Crippen molar-refractivity contribution < 1.29 is 24.2 Å². The first-order valence-electron chi connectivity index (χ1n) is 7.88. The summed E-state index contributed by atoms with van der Waals surface area (Å²) in [6.45, 7) is 0. The van der Waals surface area contributed by atoms with Crippen molar-refractivity contribution >= 4 is 23.4 Å². The number of nitrogen functional groups attached to an aromatic ring is 1. The zero-order valence-corrected chi connectivity index (χ0v) is 13.6. The Morgan fingerprint density at radius 2 is 1.40 bits per heavy atom. The average molecular weight is 341 g/mol. The molecule has 0 radical (unpaired) electrons. The van der Waals surface area contributed by atoms with Gasteiger partial charge in [0.05, 0.1) is 5.56 Å². The molecular formula is C19H19NO5. The first-order chi connectivity index (χ1) is 12.0. The second kappa shape index (κ2) is 8.63. The van der Waals surface area contributed by atoms with E-state index in [1.54, 1.807) is 24.3 Å². The lowest BCUT2D eigenvalue weighted by atomic mass is 10.0. The Hall–Kier alpha value is -3.15. The van der Waals surface area contributed by atoms with E-state index in [1.807, 2.05) is 0 Å². The summed E-state index contributed by atoms with van der Waals surface area (Å²) in [5.41, 5.74) is 6.75. The van der Waals surface area contributed by atoms with Crippen LogP contribution in [0.5, 0.6) is 5.75 Å². The summed E-state index contributed by atoms with van der Waals surface area (Å²) in [7, 11) is 0. The number of esters is 1. The number of hydrogen-bond donors (Lipinski definition) is 2. The number of ketones is 1. The Bertz CT molecular complexity index is 750. The zero-order valence-electron chi connectivity index (χ0n) is 13.6. The molecule has 6 heteroatoms. The lowest BCUT2D eigenvalue weighted by Gasteiger charge is -2.05. The Kier molecular flexibility index (Phi) is 6.28. The molecule has 0 aliphatic carbocycles. The number of carboxylic acid groups (broad SMARTS) is 1. The summed E-state index contributed by atoms with van der Waals surface area (Å²) < 4.78 is 5.16. The number of aromatic carboxylic acids is 1. The molecule has 3 N–H and O–H groups in total. The third-order valence-corrected chi connectivity index (χ3v) is 3.60. The highest BCUT2D eigenvalue weighted by Gasteiger charge is 2.09. The molecule has 0 bridgehead atoms. The Morgan fingerprint density at radius 3 is 2.00 bits per heavy atom. The van der Waals surface area contributed by atoms with Gasteiger partial charge in [0.15, 0.2) is 5.78 Å². The largest absolute Gasteiger partial charge is 0.478 e. The number of unbranched alkanes of at least 4 members (excludes halogenated alkanes) is 1. The van der Waals surface area contributed by atoms with E-state index in [2.05, 4.69) is 0 Å². The predicted molar refractivity (Wildman–Crippen MR) is 92.7 cm³/mol. The number of nitrogens with two attached hydrogens (primary N) is 1. The van der Waals surface area contributed by atoms with E-state index in [9.17, 15) is 14.4 Å². The fourth-order valence-electron chi connectivity index (χ4n) is 2.22. The summed E-state index contributed by atoms with van der Waals surface area (Å²) in [5.74, 6) is -1.03. The van der Waals surface area contributed by atoms with Gasteiger partial charge in [0.25, 0.3) is 0 Å². The topological polar surface area (TPSA) is 107 Å². The third-order valence-electron chi connectivity index (χ3n) is 3.60. The van der Waals surface area contributed by atoms with Gasteiger partial charge in [0.1, 0.15) is 5.75 Å². The quantitative estimate of drug-likeness (QED) is 0.251. The van der Waals surface area contributed by atoms with Crippen LogP contribution in [0.15, 0.2) is 48.5 Å². The van der Waals surface area contributed by atoms with Crippen molar-refractivity contribution in [3.05, 3.63) is 59.7 Å².